The van der Waals surface area contributed by atoms with Gasteiger partial charge in [-0.2, -0.15) is 29.9 Å². The molecule has 0 fully saturated rings. The van der Waals surface area contributed by atoms with E-state index >= 15 is 0 Å². The van der Waals surface area contributed by atoms with Crippen LogP contribution >= 0.6 is 0 Å². The fourth-order valence-electron chi connectivity index (χ4n) is 1.60. The van der Waals surface area contributed by atoms with E-state index in [1.165, 1.54) is 0 Å². The summed E-state index contributed by atoms with van der Waals surface area (Å²) in [5.74, 6) is -1.34. The highest BCUT2D eigenvalue weighted by atomic mass is 16.6. The first-order chi connectivity index (χ1) is 12.3. The van der Waals surface area contributed by atoms with E-state index in [1.54, 1.807) is 0 Å². The summed E-state index contributed by atoms with van der Waals surface area (Å²) in [6.45, 7) is -0.432. The second-order valence-electron chi connectivity index (χ2n) is 4.50. The van der Waals surface area contributed by atoms with Crippen LogP contribution in [0.15, 0.2) is 0 Å². The Balaban J connectivity index is 1.70. The number of ether oxygens (including phenoxy) is 2. The highest BCUT2D eigenvalue weighted by Crippen LogP contribution is 2.04. The Morgan fingerprint density at radius 1 is 0.769 bits per heavy atom. The van der Waals surface area contributed by atoms with E-state index < -0.39 is 12.1 Å². The van der Waals surface area contributed by atoms with Gasteiger partial charge in [0, 0.05) is 0 Å². The molecule has 0 aliphatic rings. The van der Waals surface area contributed by atoms with Gasteiger partial charge in [0.15, 0.2) is 0 Å². The summed E-state index contributed by atoms with van der Waals surface area (Å²) in [5.41, 5.74) is 21.5. The molecule has 0 saturated heterocycles. The van der Waals surface area contributed by atoms with Crippen molar-refractivity contribution in [2.24, 2.45) is 0 Å². The summed E-state index contributed by atoms with van der Waals surface area (Å²) in [7, 11) is 0. The molecular weight excluding hydrogens is 350 g/mol. The first-order valence-corrected chi connectivity index (χ1v) is 6.94. The van der Waals surface area contributed by atoms with Gasteiger partial charge in [-0.1, -0.05) is 0 Å². The molecular formula is C11H15N11O4. The standard InChI is InChI=1S/C11H15N11O4/c12-6-16-4(17-7(13)18-6)3-5(23)25-1-2-26-11(24)22-10-20-8(14)19-9(15)21-10/h1-3H2,(H4,12,13,16,17,18)(H5,14,15,19,20,21,22,24). The summed E-state index contributed by atoms with van der Waals surface area (Å²) in [5, 5.41) is 2.19. The number of esters is 1. The number of hydrogen-bond donors (Lipinski definition) is 5. The van der Waals surface area contributed by atoms with Crippen molar-refractivity contribution in [3.8, 4) is 0 Å². The van der Waals surface area contributed by atoms with Crippen LogP contribution in [-0.2, 0) is 20.7 Å². The van der Waals surface area contributed by atoms with Crippen molar-refractivity contribution in [3.05, 3.63) is 5.82 Å². The van der Waals surface area contributed by atoms with Crippen LogP contribution in [0.1, 0.15) is 5.82 Å². The van der Waals surface area contributed by atoms with Gasteiger partial charge in [-0.25, -0.2) is 4.79 Å². The predicted molar refractivity (Wildman–Crippen MR) is 86.9 cm³/mol. The second-order valence-corrected chi connectivity index (χ2v) is 4.50. The van der Waals surface area contributed by atoms with Crippen molar-refractivity contribution in [1.82, 2.24) is 29.9 Å². The summed E-state index contributed by atoms with van der Waals surface area (Å²) in [6, 6.07) is 0. The van der Waals surface area contributed by atoms with Crippen LogP contribution < -0.4 is 28.3 Å². The summed E-state index contributed by atoms with van der Waals surface area (Å²) >= 11 is 0. The number of rotatable bonds is 6. The predicted octanol–water partition coefficient (Wildman–Crippen LogP) is -2.28. The number of carbonyl (C=O) groups excluding carboxylic acids is 2. The van der Waals surface area contributed by atoms with E-state index in [0.717, 1.165) is 0 Å². The number of hydrogen-bond acceptors (Lipinski definition) is 14. The number of anilines is 5. The number of nitrogens with zero attached hydrogens (tertiary/aromatic N) is 6. The lowest BCUT2D eigenvalue weighted by Crippen LogP contribution is -2.21. The number of carbonyl (C=O) groups is 2. The van der Waals surface area contributed by atoms with E-state index in [4.69, 9.17) is 32.4 Å². The average molecular weight is 365 g/mol. The van der Waals surface area contributed by atoms with Gasteiger partial charge in [0.2, 0.25) is 29.7 Å². The van der Waals surface area contributed by atoms with E-state index in [2.05, 4.69) is 35.2 Å². The Labute approximate surface area is 145 Å². The van der Waals surface area contributed by atoms with Crippen molar-refractivity contribution in [2.45, 2.75) is 6.42 Å². The third-order valence-electron chi connectivity index (χ3n) is 2.48. The molecule has 0 bridgehead atoms. The second kappa shape index (κ2) is 8.18. The maximum absolute atomic E-state index is 11.6. The quantitative estimate of drug-likeness (QED) is 0.267. The first kappa shape index (κ1) is 18.3. The van der Waals surface area contributed by atoms with Gasteiger partial charge in [-0.05, 0) is 0 Å². The molecule has 15 heteroatoms. The summed E-state index contributed by atoms with van der Waals surface area (Å²) < 4.78 is 9.63. The van der Waals surface area contributed by atoms with Crippen LogP contribution in [0.2, 0.25) is 0 Å². The molecule has 0 aromatic carbocycles. The van der Waals surface area contributed by atoms with E-state index in [0.29, 0.717) is 0 Å². The molecule has 0 unspecified atom stereocenters. The van der Waals surface area contributed by atoms with E-state index in [9.17, 15) is 9.59 Å². The molecule has 15 nitrogen and oxygen atoms in total. The lowest BCUT2D eigenvalue weighted by Gasteiger charge is -2.07. The Morgan fingerprint density at radius 2 is 1.27 bits per heavy atom. The van der Waals surface area contributed by atoms with Crippen LogP contribution in [0.25, 0.3) is 0 Å². The van der Waals surface area contributed by atoms with Crippen molar-refractivity contribution in [3.63, 3.8) is 0 Å². The Morgan fingerprint density at radius 3 is 1.85 bits per heavy atom. The van der Waals surface area contributed by atoms with Crippen molar-refractivity contribution >= 4 is 41.8 Å². The van der Waals surface area contributed by atoms with Crippen LogP contribution in [0.4, 0.5) is 34.5 Å². The van der Waals surface area contributed by atoms with Crippen LogP contribution in [0.3, 0.4) is 0 Å². The zero-order valence-electron chi connectivity index (χ0n) is 13.2. The fraction of sp³-hybridized carbons (Fsp3) is 0.273. The lowest BCUT2D eigenvalue weighted by atomic mass is 10.4. The third kappa shape index (κ3) is 5.87. The van der Waals surface area contributed by atoms with Crippen LogP contribution in [-0.4, -0.2) is 55.2 Å². The van der Waals surface area contributed by atoms with Crippen LogP contribution in [0, 0.1) is 0 Å². The first-order valence-electron chi connectivity index (χ1n) is 6.94. The Bertz CT molecular complexity index is 707. The largest absolute Gasteiger partial charge is 0.462 e. The highest BCUT2D eigenvalue weighted by molar-refractivity contribution is 5.82. The van der Waals surface area contributed by atoms with Gasteiger partial charge in [-0.3, -0.25) is 10.1 Å². The number of aromatic nitrogens is 6. The molecule has 1 amide bonds. The molecule has 0 atom stereocenters. The van der Waals surface area contributed by atoms with Gasteiger partial charge in [-0.15, -0.1) is 0 Å². The SMILES string of the molecule is Nc1nc(N)nc(CC(=O)OCCOC(=O)Nc2nc(N)nc(N)n2)n1. The molecule has 0 radical (unpaired) electrons. The van der Waals surface area contributed by atoms with Gasteiger partial charge >= 0.3 is 12.1 Å². The molecule has 2 rings (SSSR count). The molecule has 9 N–H and O–H groups in total. The molecule has 138 valence electrons. The van der Waals surface area contributed by atoms with E-state index in [1.807, 2.05) is 0 Å². The topological polar surface area (TPSA) is 246 Å². The maximum atomic E-state index is 11.6. The number of nitrogen functional groups attached to an aromatic ring is 4. The van der Waals surface area contributed by atoms with E-state index in [-0.39, 0.29) is 55.2 Å². The zero-order valence-corrected chi connectivity index (χ0v) is 13.2. The molecule has 0 spiro atoms. The number of nitrogens with one attached hydrogen (secondary N) is 1. The van der Waals surface area contributed by atoms with Crippen molar-refractivity contribution in [2.75, 3.05) is 41.5 Å². The van der Waals surface area contributed by atoms with Gasteiger partial charge in [0.1, 0.15) is 25.5 Å². The Kier molecular flexibility index (Phi) is 5.75. The molecule has 0 saturated carbocycles. The number of nitrogens with two attached hydrogens (primary N) is 4. The zero-order chi connectivity index (χ0) is 19.1. The minimum atomic E-state index is -0.899. The maximum Gasteiger partial charge on any atom is 0.414 e. The van der Waals surface area contributed by atoms with Crippen LogP contribution in [0.5, 0.6) is 0 Å². The average Bonchev–Trinajstić information content (AvgIpc) is 2.49. The highest BCUT2D eigenvalue weighted by Gasteiger charge is 2.11. The minimum Gasteiger partial charge on any atom is -0.462 e. The Hall–Kier alpha value is -4.04. The van der Waals surface area contributed by atoms with Crippen molar-refractivity contribution in [1.29, 1.82) is 0 Å². The summed E-state index contributed by atoms with van der Waals surface area (Å²) in [6.07, 6.45) is -1.17. The fourth-order valence-corrected chi connectivity index (χ4v) is 1.60. The monoisotopic (exact) mass is 365 g/mol. The minimum absolute atomic E-state index is 0.0590. The smallest absolute Gasteiger partial charge is 0.414 e. The summed E-state index contributed by atoms with van der Waals surface area (Å²) in [4.78, 5) is 45.0. The normalized spacial score (nSPS) is 10.2. The molecule has 2 aromatic heterocycles. The molecule has 2 heterocycles. The lowest BCUT2D eigenvalue weighted by molar-refractivity contribution is -0.143. The van der Waals surface area contributed by atoms with Gasteiger partial charge in [0.25, 0.3) is 0 Å². The van der Waals surface area contributed by atoms with Crippen molar-refractivity contribution < 1.29 is 19.1 Å². The molecule has 2 aromatic rings. The number of amides is 1. The third-order valence-corrected chi connectivity index (χ3v) is 2.48. The molecule has 26 heavy (non-hydrogen) atoms. The molecule has 0 aliphatic carbocycles. The van der Waals surface area contributed by atoms with Gasteiger partial charge < -0.3 is 32.4 Å². The molecule has 0 aliphatic heterocycles. The van der Waals surface area contributed by atoms with Gasteiger partial charge in [0.05, 0.1) is 0 Å².